The van der Waals surface area contributed by atoms with Gasteiger partial charge in [-0.2, -0.15) is 0 Å². The predicted octanol–water partition coefficient (Wildman–Crippen LogP) is 3.13. The molecule has 1 aromatic heterocycles. The van der Waals surface area contributed by atoms with Gasteiger partial charge in [0.05, 0.1) is 5.69 Å². The van der Waals surface area contributed by atoms with Crippen LogP contribution in [0.4, 0.5) is 5.69 Å². The van der Waals surface area contributed by atoms with Crippen LogP contribution in [0.15, 0.2) is 24.3 Å². The summed E-state index contributed by atoms with van der Waals surface area (Å²) in [5, 5.41) is 0.663. The summed E-state index contributed by atoms with van der Waals surface area (Å²) in [5.41, 5.74) is 7.36. The van der Waals surface area contributed by atoms with Crippen LogP contribution in [0.25, 0.3) is 0 Å². The number of hydrogen-bond acceptors (Lipinski definition) is 4. The molecule has 0 saturated heterocycles. The zero-order valence-corrected chi connectivity index (χ0v) is 9.47. The molecule has 1 heterocycles. The van der Waals surface area contributed by atoms with Crippen molar-refractivity contribution in [3.8, 4) is 10.9 Å². The molecule has 1 aromatic carbocycles. The van der Waals surface area contributed by atoms with Gasteiger partial charge < -0.3 is 10.5 Å². The highest BCUT2D eigenvalue weighted by Crippen LogP contribution is 2.28. The number of rotatable bonds is 2. The van der Waals surface area contributed by atoms with E-state index >= 15 is 0 Å². The number of aromatic nitrogens is 1. The molecule has 0 aliphatic carbocycles. The van der Waals surface area contributed by atoms with E-state index in [0.717, 1.165) is 11.4 Å². The molecule has 0 aliphatic heterocycles. The van der Waals surface area contributed by atoms with Crippen LogP contribution in [-0.2, 0) is 0 Å². The van der Waals surface area contributed by atoms with Crippen molar-refractivity contribution >= 4 is 17.0 Å². The van der Waals surface area contributed by atoms with E-state index in [0.29, 0.717) is 10.9 Å². The number of aryl methyl sites for hydroxylation is 2. The van der Waals surface area contributed by atoms with Crippen LogP contribution in [0.1, 0.15) is 10.6 Å². The van der Waals surface area contributed by atoms with Crippen LogP contribution in [0.5, 0.6) is 10.9 Å². The van der Waals surface area contributed by atoms with Gasteiger partial charge in [0.2, 0.25) is 0 Å². The molecule has 15 heavy (non-hydrogen) atoms. The summed E-state index contributed by atoms with van der Waals surface area (Å²) in [6.07, 6.45) is 0. The molecule has 0 fully saturated rings. The summed E-state index contributed by atoms with van der Waals surface area (Å²) >= 11 is 1.54. The van der Waals surface area contributed by atoms with Gasteiger partial charge in [-0.3, -0.25) is 0 Å². The van der Waals surface area contributed by atoms with E-state index in [1.54, 1.807) is 17.4 Å². The van der Waals surface area contributed by atoms with E-state index in [4.69, 9.17) is 10.5 Å². The summed E-state index contributed by atoms with van der Waals surface area (Å²) in [6.45, 7) is 4.00. The predicted molar refractivity (Wildman–Crippen MR) is 62.5 cm³/mol. The van der Waals surface area contributed by atoms with Gasteiger partial charge in [0.1, 0.15) is 5.75 Å². The van der Waals surface area contributed by atoms with Crippen molar-refractivity contribution in [2.45, 2.75) is 13.8 Å². The van der Waals surface area contributed by atoms with Gasteiger partial charge in [0, 0.05) is 16.6 Å². The fourth-order valence-electron chi connectivity index (χ4n) is 1.17. The number of thiazole rings is 1. The lowest BCUT2D eigenvalue weighted by Crippen LogP contribution is -1.87. The minimum Gasteiger partial charge on any atom is -0.431 e. The molecular formula is C11H12N2OS. The van der Waals surface area contributed by atoms with Gasteiger partial charge in [-0.1, -0.05) is 17.4 Å². The zero-order valence-electron chi connectivity index (χ0n) is 8.65. The van der Waals surface area contributed by atoms with Crippen molar-refractivity contribution in [3.63, 3.8) is 0 Å². The Balaban J connectivity index is 2.22. The van der Waals surface area contributed by atoms with Gasteiger partial charge in [-0.15, -0.1) is 0 Å². The lowest BCUT2D eigenvalue weighted by atomic mass is 10.3. The molecule has 0 saturated carbocycles. The molecule has 78 valence electrons. The molecule has 2 rings (SSSR count). The van der Waals surface area contributed by atoms with E-state index in [1.165, 1.54) is 4.88 Å². The SMILES string of the molecule is Cc1nc(Oc2cccc(N)c2)sc1C. The van der Waals surface area contributed by atoms with Crippen molar-refractivity contribution < 1.29 is 4.74 Å². The van der Waals surface area contributed by atoms with Crippen LogP contribution >= 0.6 is 11.3 Å². The Morgan fingerprint density at radius 1 is 1.33 bits per heavy atom. The van der Waals surface area contributed by atoms with Crippen molar-refractivity contribution in [1.82, 2.24) is 4.98 Å². The van der Waals surface area contributed by atoms with Gasteiger partial charge in [-0.25, -0.2) is 4.98 Å². The Labute approximate surface area is 92.5 Å². The number of ether oxygens (including phenoxy) is 1. The van der Waals surface area contributed by atoms with Crippen molar-refractivity contribution in [2.24, 2.45) is 0 Å². The topological polar surface area (TPSA) is 48.1 Å². The summed E-state index contributed by atoms with van der Waals surface area (Å²) in [4.78, 5) is 5.47. The molecule has 2 aromatic rings. The molecule has 0 amide bonds. The third-order valence-electron chi connectivity index (χ3n) is 2.07. The number of hydrogen-bond donors (Lipinski definition) is 1. The minimum absolute atomic E-state index is 0.663. The van der Waals surface area contributed by atoms with Gasteiger partial charge >= 0.3 is 0 Å². The van der Waals surface area contributed by atoms with Gasteiger partial charge in [0.15, 0.2) is 0 Å². The smallest absolute Gasteiger partial charge is 0.279 e. The van der Waals surface area contributed by atoms with Crippen LogP contribution < -0.4 is 10.5 Å². The van der Waals surface area contributed by atoms with E-state index in [9.17, 15) is 0 Å². The maximum absolute atomic E-state index is 5.65. The largest absolute Gasteiger partial charge is 0.431 e. The van der Waals surface area contributed by atoms with Crippen LogP contribution in [0.3, 0.4) is 0 Å². The molecule has 0 atom stereocenters. The average molecular weight is 220 g/mol. The summed E-state index contributed by atoms with van der Waals surface area (Å²) in [6, 6.07) is 7.33. The molecule has 3 nitrogen and oxygen atoms in total. The Kier molecular flexibility index (Phi) is 2.60. The van der Waals surface area contributed by atoms with Gasteiger partial charge in [0.25, 0.3) is 5.19 Å². The monoisotopic (exact) mass is 220 g/mol. The molecule has 2 N–H and O–H groups in total. The van der Waals surface area contributed by atoms with E-state index < -0.39 is 0 Å². The highest BCUT2D eigenvalue weighted by molar-refractivity contribution is 7.13. The maximum Gasteiger partial charge on any atom is 0.279 e. The normalized spacial score (nSPS) is 10.3. The number of nitrogens with two attached hydrogens (primary N) is 1. The molecule has 0 bridgehead atoms. The van der Waals surface area contributed by atoms with Crippen molar-refractivity contribution in [3.05, 3.63) is 34.8 Å². The highest BCUT2D eigenvalue weighted by atomic mass is 32.1. The zero-order chi connectivity index (χ0) is 10.8. The first kappa shape index (κ1) is 9.98. The first-order chi connectivity index (χ1) is 7.15. The molecular weight excluding hydrogens is 208 g/mol. The van der Waals surface area contributed by atoms with E-state index in [-0.39, 0.29) is 0 Å². The number of benzene rings is 1. The molecule has 0 radical (unpaired) electrons. The third-order valence-corrected chi connectivity index (χ3v) is 3.02. The number of anilines is 1. The van der Waals surface area contributed by atoms with Gasteiger partial charge in [-0.05, 0) is 26.0 Å². The molecule has 4 heteroatoms. The Morgan fingerprint density at radius 3 is 2.73 bits per heavy atom. The highest BCUT2D eigenvalue weighted by Gasteiger charge is 2.05. The second-order valence-electron chi connectivity index (χ2n) is 3.30. The summed E-state index contributed by atoms with van der Waals surface area (Å²) in [7, 11) is 0. The summed E-state index contributed by atoms with van der Waals surface area (Å²) < 4.78 is 5.59. The van der Waals surface area contributed by atoms with Crippen LogP contribution in [0.2, 0.25) is 0 Å². The Hall–Kier alpha value is -1.55. The second kappa shape index (κ2) is 3.90. The second-order valence-corrected chi connectivity index (χ2v) is 4.46. The first-order valence-corrected chi connectivity index (χ1v) is 5.44. The third kappa shape index (κ3) is 2.27. The standard InChI is InChI=1S/C11H12N2OS/c1-7-8(2)15-11(13-7)14-10-5-3-4-9(12)6-10/h3-6H,12H2,1-2H3. The Morgan fingerprint density at radius 2 is 2.13 bits per heavy atom. The van der Waals surface area contributed by atoms with Crippen LogP contribution in [-0.4, -0.2) is 4.98 Å². The first-order valence-electron chi connectivity index (χ1n) is 4.62. The van der Waals surface area contributed by atoms with Crippen LogP contribution in [0, 0.1) is 13.8 Å². The fourth-order valence-corrected chi connectivity index (χ4v) is 1.94. The molecule has 0 unspecified atom stereocenters. The van der Waals surface area contributed by atoms with E-state index in [2.05, 4.69) is 4.98 Å². The van der Waals surface area contributed by atoms with Crippen molar-refractivity contribution in [2.75, 3.05) is 5.73 Å². The minimum atomic E-state index is 0.663. The molecule has 0 spiro atoms. The Bertz CT molecular complexity index is 460. The van der Waals surface area contributed by atoms with E-state index in [1.807, 2.05) is 32.0 Å². The lowest BCUT2D eigenvalue weighted by Gasteiger charge is -2.01. The maximum atomic E-state index is 5.65. The quantitative estimate of drug-likeness (QED) is 0.791. The number of nitrogen functional groups attached to an aromatic ring is 1. The lowest BCUT2D eigenvalue weighted by molar-refractivity contribution is 0.478. The molecule has 0 aliphatic rings. The average Bonchev–Trinajstić information content (AvgIpc) is 2.45. The fraction of sp³-hybridized carbons (Fsp3) is 0.182. The number of nitrogens with zero attached hydrogens (tertiary/aromatic N) is 1. The summed E-state index contributed by atoms with van der Waals surface area (Å²) in [5.74, 6) is 0.726. The van der Waals surface area contributed by atoms with Crippen molar-refractivity contribution in [1.29, 1.82) is 0 Å².